The Morgan fingerprint density at radius 3 is 2.70 bits per heavy atom. The van der Waals surface area contributed by atoms with Gasteiger partial charge in [0.15, 0.2) is 9.84 Å². The minimum Gasteiger partial charge on any atom is -0.338 e. The van der Waals surface area contributed by atoms with E-state index in [2.05, 4.69) is 0 Å². The molecule has 1 fully saturated rings. The molecule has 1 aromatic rings. The monoisotopic (exact) mass is 296 g/mol. The van der Waals surface area contributed by atoms with Crippen LogP contribution < -0.4 is 5.73 Å². The first-order chi connectivity index (χ1) is 9.44. The zero-order valence-electron chi connectivity index (χ0n) is 11.6. The topological polar surface area (TPSA) is 80.5 Å². The number of hydrogen-bond acceptors (Lipinski definition) is 4. The molecule has 1 atom stereocenters. The van der Waals surface area contributed by atoms with Crippen molar-refractivity contribution in [2.45, 2.75) is 18.9 Å². The van der Waals surface area contributed by atoms with Gasteiger partial charge in [0.25, 0.3) is 5.91 Å². The number of sulfone groups is 1. The highest BCUT2D eigenvalue weighted by Crippen LogP contribution is 2.20. The van der Waals surface area contributed by atoms with Crippen molar-refractivity contribution in [3.8, 4) is 0 Å². The Kier molecular flexibility index (Phi) is 4.45. The van der Waals surface area contributed by atoms with E-state index in [1.165, 1.54) is 0 Å². The molecule has 0 radical (unpaired) electrons. The van der Waals surface area contributed by atoms with E-state index in [0.29, 0.717) is 24.9 Å². The number of hydrogen-bond donors (Lipinski definition) is 1. The molecule has 1 aromatic carbocycles. The third-order valence-electron chi connectivity index (χ3n) is 3.74. The fourth-order valence-electron chi connectivity index (χ4n) is 2.54. The number of carbonyl (C=O) groups excluding carboxylic acids is 1. The minimum atomic E-state index is -2.99. The summed E-state index contributed by atoms with van der Waals surface area (Å²) in [6.45, 7) is 0.478. The molecule has 0 aromatic heterocycles. The Morgan fingerprint density at radius 2 is 2.10 bits per heavy atom. The van der Waals surface area contributed by atoms with Crippen LogP contribution in [-0.4, -0.2) is 50.4 Å². The van der Waals surface area contributed by atoms with Crippen LogP contribution in [0.5, 0.6) is 0 Å². The van der Waals surface area contributed by atoms with Crippen molar-refractivity contribution in [2.75, 3.05) is 25.1 Å². The lowest BCUT2D eigenvalue weighted by Gasteiger charge is -2.24. The minimum absolute atomic E-state index is 0.0638. The van der Waals surface area contributed by atoms with Gasteiger partial charge in [-0.15, -0.1) is 0 Å². The predicted octanol–water partition coefficient (Wildman–Crippen LogP) is 0.447. The SMILES string of the molecule is CN(C(=O)c1ccccc1CCN)C1CCS(=O)(=O)C1. The molecule has 0 saturated carbocycles. The van der Waals surface area contributed by atoms with Crippen molar-refractivity contribution in [1.82, 2.24) is 4.90 Å². The smallest absolute Gasteiger partial charge is 0.254 e. The summed E-state index contributed by atoms with van der Waals surface area (Å²) in [5.74, 6) is 0.102. The molecule has 1 unspecified atom stereocenters. The van der Waals surface area contributed by atoms with Gasteiger partial charge >= 0.3 is 0 Å². The second kappa shape index (κ2) is 5.93. The van der Waals surface area contributed by atoms with Crippen LogP contribution in [0.1, 0.15) is 22.3 Å². The second-order valence-electron chi connectivity index (χ2n) is 5.17. The number of rotatable bonds is 4. The summed E-state index contributed by atoms with van der Waals surface area (Å²) >= 11 is 0. The van der Waals surface area contributed by atoms with Gasteiger partial charge in [-0.1, -0.05) is 18.2 Å². The van der Waals surface area contributed by atoms with E-state index in [0.717, 1.165) is 5.56 Å². The number of nitrogens with zero attached hydrogens (tertiary/aromatic N) is 1. The lowest BCUT2D eigenvalue weighted by molar-refractivity contribution is 0.0746. The van der Waals surface area contributed by atoms with E-state index in [1.54, 1.807) is 18.0 Å². The van der Waals surface area contributed by atoms with E-state index in [1.807, 2.05) is 18.2 Å². The molecule has 110 valence electrons. The summed E-state index contributed by atoms with van der Waals surface area (Å²) in [4.78, 5) is 14.1. The first kappa shape index (κ1) is 15.0. The molecule has 2 N–H and O–H groups in total. The first-order valence-corrected chi connectivity index (χ1v) is 8.52. The Labute approximate surface area is 119 Å². The van der Waals surface area contributed by atoms with E-state index in [9.17, 15) is 13.2 Å². The zero-order chi connectivity index (χ0) is 14.8. The van der Waals surface area contributed by atoms with E-state index in [4.69, 9.17) is 5.73 Å². The molecule has 20 heavy (non-hydrogen) atoms. The Bertz CT molecular complexity index is 598. The van der Waals surface area contributed by atoms with Gasteiger partial charge in [-0.2, -0.15) is 0 Å². The molecule has 5 nitrogen and oxygen atoms in total. The van der Waals surface area contributed by atoms with Gasteiger partial charge in [-0.25, -0.2) is 8.42 Å². The van der Waals surface area contributed by atoms with E-state index < -0.39 is 9.84 Å². The van der Waals surface area contributed by atoms with Crippen molar-refractivity contribution in [3.63, 3.8) is 0 Å². The number of amides is 1. The van der Waals surface area contributed by atoms with Gasteiger partial charge in [-0.3, -0.25) is 4.79 Å². The van der Waals surface area contributed by atoms with Crippen molar-refractivity contribution < 1.29 is 13.2 Å². The van der Waals surface area contributed by atoms with E-state index in [-0.39, 0.29) is 23.5 Å². The molecule has 6 heteroatoms. The number of nitrogens with two attached hydrogens (primary N) is 1. The summed E-state index contributed by atoms with van der Waals surface area (Å²) < 4.78 is 23.0. The Balaban J connectivity index is 2.19. The lowest BCUT2D eigenvalue weighted by atomic mass is 10.0. The molecular weight excluding hydrogens is 276 g/mol. The Morgan fingerprint density at radius 1 is 1.40 bits per heavy atom. The third-order valence-corrected chi connectivity index (χ3v) is 5.49. The highest BCUT2D eigenvalue weighted by Gasteiger charge is 2.33. The lowest BCUT2D eigenvalue weighted by Crippen LogP contribution is -2.38. The summed E-state index contributed by atoms with van der Waals surface area (Å²) in [7, 11) is -1.32. The molecule has 1 aliphatic heterocycles. The summed E-state index contributed by atoms with van der Waals surface area (Å²) in [6, 6.07) is 7.12. The maximum Gasteiger partial charge on any atom is 0.254 e. The van der Waals surface area contributed by atoms with Crippen LogP contribution in [-0.2, 0) is 16.3 Å². The highest BCUT2D eigenvalue weighted by molar-refractivity contribution is 7.91. The molecular formula is C14H20N2O3S. The average molecular weight is 296 g/mol. The molecule has 2 rings (SSSR count). The van der Waals surface area contributed by atoms with Crippen LogP contribution in [0, 0.1) is 0 Å². The Hall–Kier alpha value is -1.40. The van der Waals surface area contributed by atoms with Gasteiger partial charge in [0.05, 0.1) is 11.5 Å². The third kappa shape index (κ3) is 3.19. The van der Waals surface area contributed by atoms with Crippen LogP contribution in [0.4, 0.5) is 0 Å². The molecule has 1 aliphatic rings. The number of carbonyl (C=O) groups is 1. The fourth-order valence-corrected chi connectivity index (χ4v) is 4.31. The molecule has 1 heterocycles. The van der Waals surface area contributed by atoms with Crippen molar-refractivity contribution in [2.24, 2.45) is 5.73 Å². The quantitative estimate of drug-likeness (QED) is 0.874. The van der Waals surface area contributed by atoms with Crippen LogP contribution in [0.3, 0.4) is 0 Å². The molecule has 0 bridgehead atoms. The van der Waals surface area contributed by atoms with Crippen LogP contribution in [0.2, 0.25) is 0 Å². The fraction of sp³-hybridized carbons (Fsp3) is 0.500. The predicted molar refractivity (Wildman–Crippen MR) is 78.4 cm³/mol. The zero-order valence-corrected chi connectivity index (χ0v) is 12.4. The summed E-state index contributed by atoms with van der Waals surface area (Å²) in [6.07, 6.45) is 1.16. The van der Waals surface area contributed by atoms with Crippen molar-refractivity contribution in [1.29, 1.82) is 0 Å². The molecule has 0 spiro atoms. The van der Waals surface area contributed by atoms with Gasteiger partial charge < -0.3 is 10.6 Å². The first-order valence-electron chi connectivity index (χ1n) is 6.70. The van der Waals surface area contributed by atoms with Crippen LogP contribution >= 0.6 is 0 Å². The van der Waals surface area contributed by atoms with Crippen molar-refractivity contribution in [3.05, 3.63) is 35.4 Å². The van der Waals surface area contributed by atoms with Gasteiger partial charge in [-0.05, 0) is 31.0 Å². The maximum atomic E-state index is 12.5. The van der Waals surface area contributed by atoms with Crippen LogP contribution in [0.25, 0.3) is 0 Å². The molecule has 1 amide bonds. The standard InChI is InChI=1S/C14H20N2O3S/c1-16(12-7-9-20(18,19)10-12)14(17)13-5-3-2-4-11(13)6-8-15/h2-5,12H,6-10,15H2,1H3. The molecule has 0 aliphatic carbocycles. The van der Waals surface area contributed by atoms with Gasteiger partial charge in [0.1, 0.15) is 0 Å². The summed E-state index contributed by atoms with van der Waals surface area (Å²) in [5, 5.41) is 0. The van der Waals surface area contributed by atoms with Gasteiger partial charge in [0, 0.05) is 18.7 Å². The second-order valence-corrected chi connectivity index (χ2v) is 7.40. The summed E-state index contributed by atoms with van der Waals surface area (Å²) in [5.41, 5.74) is 7.08. The normalized spacial score (nSPS) is 20.8. The number of benzene rings is 1. The maximum absolute atomic E-state index is 12.5. The van der Waals surface area contributed by atoms with Crippen LogP contribution in [0.15, 0.2) is 24.3 Å². The van der Waals surface area contributed by atoms with E-state index >= 15 is 0 Å². The average Bonchev–Trinajstić information content (AvgIpc) is 2.78. The van der Waals surface area contributed by atoms with Crippen molar-refractivity contribution >= 4 is 15.7 Å². The largest absolute Gasteiger partial charge is 0.338 e. The van der Waals surface area contributed by atoms with Gasteiger partial charge in [0.2, 0.25) is 0 Å². The highest BCUT2D eigenvalue weighted by atomic mass is 32.2. The molecule has 1 saturated heterocycles.